The van der Waals surface area contributed by atoms with Gasteiger partial charge in [0.25, 0.3) is 0 Å². The smallest absolute Gasteiger partial charge is 0.323 e. The highest BCUT2D eigenvalue weighted by atomic mass is 19.1. The number of hydrogen-bond donors (Lipinski definition) is 2. The van der Waals surface area contributed by atoms with Crippen molar-refractivity contribution in [3.8, 4) is 11.3 Å². The lowest BCUT2D eigenvalue weighted by atomic mass is 10.0. The maximum atomic E-state index is 13.1. The summed E-state index contributed by atoms with van der Waals surface area (Å²) in [4.78, 5) is 19.7. The number of urea groups is 1. The average molecular weight is 457 g/mol. The molecule has 4 aromatic rings. The zero-order valence-electron chi connectivity index (χ0n) is 18.8. The molecule has 2 N–H and O–H groups in total. The molecule has 0 atom stereocenters. The number of morpholine rings is 1. The fourth-order valence-corrected chi connectivity index (χ4v) is 4.05. The van der Waals surface area contributed by atoms with Gasteiger partial charge >= 0.3 is 6.03 Å². The lowest BCUT2D eigenvalue weighted by Crippen LogP contribution is -2.36. The van der Waals surface area contributed by atoms with Crippen molar-refractivity contribution >= 4 is 34.0 Å². The van der Waals surface area contributed by atoms with Crippen LogP contribution >= 0.6 is 0 Å². The number of rotatable bonds is 4. The van der Waals surface area contributed by atoms with Crippen LogP contribution in [0.5, 0.6) is 0 Å². The van der Waals surface area contributed by atoms with Gasteiger partial charge in [0.1, 0.15) is 5.82 Å². The Kier molecular flexibility index (Phi) is 6.10. The number of anilines is 3. The first-order chi connectivity index (χ1) is 16.5. The predicted octanol–water partition coefficient (Wildman–Crippen LogP) is 5.83. The van der Waals surface area contributed by atoms with Crippen LogP contribution in [0.3, 0.4) is 0 Å². The highest BCUT2D eigenvalue weighted by Crippen LogP contribution is 2.33. The van der Waals surface area contributed by atoms with Crippen molar-refractivity contribution in [3.63, 3.8) is 0 Å². The van der Waals surface area contributed by atoms with E-state index in [2.05, 4.69) is 52.8 Å². The summed E-state index contributed by atoms with van der Waals surface area (Å²) in [6, 6.07) is 21.4. The van der Waals surface area contributed by atoms with E-state index < -0.39 is 6.03 Å². The molecule has 1 aromatic heterocycles. The van der Waals surface area contributed by atoms with Gasteiger partial charge in [-0.05, 0) is 55.5 Å². The number of carbonyl (C=O) groups excluding carboxylic acids is 1. The standard InChI is InChI=1S/C27H25FN4O2/c1-18-2-4-19(5-3-18)25-17-26(32-12-14-34-15-13-32)23-16-22(10-11-24(23)31-25)30-27(33)29-21-8-6-20(28)7-9-21/h2-11,16-17H,12-15H2,1H3,(H2,29,30,33). The van der Waals surface area contributed by atoms with E-state index in [1.165, 1.54) is 29.8 Å². The Labute approximate surface area is 197 Å². The third-order valence-electron chi connectivity index (χ3n) is 5.85. The molecule has 0 aliphatic carbocycles. The number of ether oxygens (including phenoxy) is 1. The summed E-state index contributed by atoms with van der Waals surface area (Å²) in [5, 5.41) is 6.54. The van der Waals surface area contributed by atoms with Crippen molar-refractivity contribution < 1.29 is 13.9 Å². The lowest BCUT2D eigenvalue weighted by Gasteiger charge is -2.30. The third-order valence-corrected chi connectivity index (χ3v) is 5.85. The summed E-state index contributed by atoms with van der Waals surface area (Å²) in [6.45, 7) is 4.98. The predicted molar refractivity (Wildman–Crippen MR) is 134 cm³/mol. The number of halogens is 1. The van der Waals surface area contributed by atoms with Gasteiger partial charge in [0, 0.05) is 41.1 Å². The minimum atomic E-state index is -0.400. The number of benzene rings is 3. The molecule has 1 aliphatic heterocycles. The number of fused-ring (bicyclic) bond motifs is 1. The number of amides is 2. The fourth-order valence-electron chi connectivity index (χ4n) is 4.05. The molecule has 0 bridgehead atoms. The molecule has 6 nitrogen and oxygen atoms in total. The van der Waals surface area contributed by atoms with Crippen molar-refractivity contribution in [1.82, 2.24) is 4.98 Å². The highest BCUT2D eigenvalue weighted by molar-refractivity contribution is 6.03. The van der Waals surface area contributed by atoms with Gasteiger partial charge < -0.3 is 20.3 Å². The number of aryl methyl sites for hydroxylation is 1. The van der Waals surface area contributed by atoms with Crippen molar-refractivity contribution in [2.24, 2.45) is 0 Å². The summed E-state index contributed by atoms with van der Waals surface area (Å²) in [6.07, 6.45) is 0. The van der Waals surface area contributed by atoms with Crippen LogP contribution in [0.2, 0.25) is 0 Å². The molecule has 0 radical (unpaired) electrons. The minimum Gasteiger partial charge on any atom is -0.378 e. The molecule has 1 aliphatic rings. The molecule has 0 unspecified atom stereocenters. The zero-order valence-corrected chi connectivity index (χ0v) is 18.8. The number of pyridine rings is 1. The molecule has 2 amide bonds. The number of aromatic nitrogens is 1. The summed E-state index contributed by atoms with van der Waals surface area (Å²) in [5.74, 6) is -0.353. The van der Waals surface area contributed by atoms with Crippen molar-refractivity contribution in [2.75, 3.05) is 41.8 Å². The molecule has 3 aromatic carbocycles. The van der Waals surface area contributed by atoms with E-state index in [4.69, 9.17) is 9.72 Å². The van der Waals surface area contributed by atoms with Crippen LogP contribution in [-0.2, 0) is 4.74 Å². The quantitative estimate of drug-likeness (QED) is 0.406. The van der Waals surface area contributed by atoms with E-state index in [1.54, 1.807) is 0 Å². The molecule has 34 heavy (non-hydrogen) atoms. The van der Waals surface area contributed by atoms with Gasteiger partial charge in [-0.15, -0.1) is 0 Å². The second kappa shape index (κ2) is 9.49. The molecule has 7 heteroatoms. The van der Waals surface area contributed by atoms with Crippen LogP contribution in [-0.4, -0.2) is 37.3 Å². The van der Waals surface area contributed by atoms with Crippen molar-refractivity contribution in [3.05, 3.63) is 84.2 Å². The topological polar surface area (TPSA) is 66.5 Å². The number of nitrogens with one attached hydrogen (secondary N) is 2. The van der Waals surface area contributed by atoms with Crippen LogP contribution in [0.25, 0.3) is 22.2 Å². The van der Waals surface area contributed by atoms with Crippen LogP contribution in [0.4, 0.5) is 26.2 Å². The van der Waals surface area contributed by atoms with E-state index in [0.717, 1.165) is 40.9 Å². The average Bonchev–Trinajstić information content (AvgIpc) is 2.86. The molecular weight excluding hydrogens is 431 g/mol. The SMILES string of the molecule is Cc1ccc(-c2cc(N3CCOCC3)c3cc(NC(=O)Nc4ccc(F)cc4)ccc3n2)cc1. The fraction of sp³-hybridized carbons (Fsp3) is 0.185. The summed E-state index contributed by atoms with van der Waals surface area (Å²) >= 11 is 0. The molecule has 1 saturated heterocycles. The molecule has 2 heterocycles. The second-order valence-corrected chi connectivity index (χ2v) is 8.31. The Morgan fingerprint density at radius 3 is 2.32 bits per heavy atom. The third kappa shape index (κ3) is 4.84. The number of nitrogens with zero attached hydrogens (tertiary/aromatic N) is 2. The molecule has 0 spiro atoms. The van der Waals surface area contributed by atoms with E-state index in [1.807, 2.05) is 18.2 Å². The normalized spacial score (nSPS) is 13.6. The Balaban J connectivity index is 1.48. The lowest BCUT2D eigenvalue weighted by molar-refractivity contribution is 0.123. The molecular formula is C27H25FN4O2. The highest BCUT2D eigenvalue weighted by Gasteiger charge is 2.17. The largest absolute Gasteiger partial charge is 0.378 e. The van der Waals surface area contributed by atoms with E-state index in [9.17, 15) is 9.18 Å². The zero-order chi connectivity index (χ0) is 23.5. The Hall–Kier alpha value is -3.97. The van der Waals surface area contributed by atoms with E-state index in [0.29, 0.717) is 24.6 Å². The van der Waals surface area contributed by atoms with Gasteiger partial charge in [-0.25, -0.2) is 14.2 Å². The van der Waals surface area contributed by atoms with Gasteiger partial charge in [0.15, 0.2) is 0 Å². The summed E-state index contributed by atoms with van der Waals surface area (Å²) in [5.41, 5.74) is 6.24. The van der Waals surface area contributed by atoms with Crippen molar-refractivity contribution in [2.45, 2.75) is 6.92 Å². The van der Waals surface area contributed by atoms with Crippen LogP contribution < -0.4 is 15.5 Å². The van der Waals surface area contributed by atoms with Crippen LogP contribution in [0, 0.1) is 12.7 Å². The van der Waals surface area contributed by atoms with Gasteiger partial charge in [-0.3, -0.25) is 0 Å². The van der Waals surface area contributed by atoms with Gasteiger partial charge in [0.2, 0.25) is 0 Å². The molecule has 172 valence electrons. The Morgan fingerprint density at radius 1 is 0.912 bits per heavy atom. The number of carbonyl (C=O) groups is 1. The van der Waals surface area contributed by atoms with Crippen LogP contribution in [0.15, 0.2) is 72.8 Å². The van der Waals surface area contributed by atoms with E-state index in [-0.39, 0.29) is 5.82 Å². The van der Waals surface area contributed by atoms with Crippen LogP contribution in [0.1, 0.15) is 5.56 Å². The Morgan fingerprint density at radius 2 is 1.59 bits per heavy atom. The minimum absolute atomic E-state index is 0.353. The number of hydrogen-bond acceptors (Lipinski definition) is 4. The summed E-state index contributed by atoms with van der Waals surface area (Å²) < 4.78 is 18.7. The Bertz CT molecular complexity index is 1320. The molecule has 0 saturated carbocycles. The van der Waals surface area contributed by atoms with E-state index >= 15 is 0 Å². The molecule has 5 rings (SSSR count). The first-order valence-corrected chi connectivity index (χ1v) is 11.2. The maximum absolute atomic E-state index is 13.1. The van der Waals surface area contributed by atoms with Gasteiger partial charge in [0.05, 0.1) is 24.4 Å². The monoisotopic (exact) mass is 456 g/mol. The maximum Gasteiger partial charge on any atom is 0.323 e. The van der Waals surface area contributed by atoms with Gasteiger partial charge in [-0.2, -0.15) is 0 Å². The first-order valence-electron chi connectivity index (χ1n) is 11.2. The summed E-state index contributed by atoms with van der Waals surface area (Å²) in [7, 11) is 0. The van der Waals surface area contributed by atoms with Gasteiger partial charge in [-0.1, -0.05) is 29.8 Å². The molecule has 1 fully saturated rings. The van der Waals surface area contributed by atoms with Crippen molar-refractivity contribution in [1.29, 1.82) is 0 Å². The first kappa shape index (κ1) is 21.9. The second-order valence-electron chi connectivity index (χ2n) is 8.31.